The van der Waals surface area contributed by atoms with E-state index >= 15 is 0 Å². The minimum atomic E-state index is -3.70. The van der Waals surface area contributed by atoms with Gasteiger partial charge >= 0.3 is 0 Å². The maximum absolute atomic E-state index is 12.9. The Balaban J connectivity index is 2.10. The van der Waals surface area contributed by atoms with E-state index in [2.05, 4.69) is 15.5 Å². The SMILES string of the molecule is Cc1n[nH]c(C)c1NC(=O)C[C@H](C)S(=O)(=O)c1ccc(F)cc1. The molecule has 0 aliphatic rings. The van der Waals surface area contributed by atoms with Crippen LogP contribution in [-0.2, 0) is 14.6 Å². The van der Waals surface area contributed by atoms with E-state index in [9.17, 15) is 17.6 Å². The van der Waals surface area contributed by atoms with Crippen molar-refractivity contribution in [1.29, 1.82) is 0 Å². The number of H-pyrrole nitrogens is 1. The summed E-state index contributed by atoms with van der Waals surface area (Å²) in [4.78, 5) is 12.1. The Hall–Kier alpha value is -2.22. The molecule has 0 saturated heterocycles. The first-order valence-corrected chi connectivity index (χ1v) is 8.57. The number of sulfone groups is 1. The lowest BCUT2D eigenvalue weighted by Gasteiger charge is -2.13. The number of carbonyl (C=O) groups is 1. The van der Waals surface area contributed by atoms with E-state index in [1.807, 2.05) is 0 Å². The Labute approximate surface area is 134 Å². The molecule has 0 saturated carbocycles. The van der Waals surface area contributed by atoms with Crippen LogP contribution in [0.25, 0.3) is 0 Å². The lowest BCUT2D eigenvalue weighted by molar-refractivity contribution is -0.116. The normalized spacial score (nSPS) is 12.9. The van der Waals surface area contributed by atoms with E-state index in [0.29, 0.717) is 17.1 Å². The zero-order valence-electron chi connectivity index (χ0n) is 13.1. The van der Waals surface area contributed by atoms with Gasteiger partial charge in [0.2, 0.25) is 5.91 Å². The number of nitrogens with zero attached hydrogens (tertiary/aromatic N) is 1. The fraction of sp³-hybridized carbons (Fsp3) is 0.333. The number of hydrogen-bond donors (Lipinski definition) is 2. The number of halogens is 1. The molecule has 0 spiro atoms. The minimum absolute atomic E-state index is 0.00475. The van der Waals surface area contributed by atoms with Gasteiger partial charge in [0.1, 0.15) is 5.82 Å². The largest absolute Gasteiger partial charge is 0.323 e. The van der Waals surface area contributed by atoms with Crippen molar-refractivity contribution in [1.82, 2.24) is 10.2 Å². The van der Waals surface area contributed by atoms with Gasteiger partial charge in [-0.2, -0.15) is 5.10 Å². The summed E-state index contributed by atoms with van der Waals surface area (Å²) >= 11 is 0. The van der Waals surface area contributed by atoms with Gasteiger partial charge in [-0.05, 0) is 45.0 Å². The van der Waals surface area contributed by atoms with Crippen LogP contribution in [0.5, 0.6) is 0 Å². The minimum Gasteiger partial charge on any atom is -0.323 e. The van der Waals surface area contributed by atoms with E-state index in [4.69, 9.17) is 0 Å². The zero-order chi connectivity index (χ0) is 17.2. The summed E-state index contributed by atoms with van der Waals surface area (Å²) < 4.78 is 37.7. The van der Waals surface area contributed by atoms with Gasteiger partial charge in [-0.1, -0.05) is 0 Å². The Morgan fingerprint density at radius 2 is 1.91 bits per heavy atom. The summed E-state index contributed by atoms with van der Waals surface area (Å²) in [6.07, 6.45) is -0.205. The van der Waals surface area contributed by atoms with Crippen LogP contribution in [0.3, 0.4) is 0 Å². The van der Waals surface area contributed by atoms with Crippen molar-refractivity contribution in [2.24, 2.45) is 0 Å². The van der Waals surface area contributed by atoms with Gasteiger partial charge in [-0.25, -0.2) is 12.8 Å². The van der Waals surface area contributed by atoms with Gasteiger partial charge in [-0.15, -0.1) is 0 Å². The topological polar surface area (TPSA) is 91.9 Å². The van der Waals surface area contributed by atoms with Gasteiger partial charge in [0.05, 0.1) is 27.2 Å². The third kappa shape index (κ3) is 3.76. The number of anilines is 1. The van der Waals surface area contributed by atoms with Crippen LogP contribution >= 0.6 is 0 Å². The quantitative estimate of drug-likeness (QED) is 0.818. The summed E-state index contributed by atoms with van der Waals surface area (Å²) in [5, 5.41) is 8.43. The second-order valence-corrected chi connectivity index (χ2v) is 7.74. The Kier molecular flexibility index (Phi) is 4.84. The predicted molar refractivity (Wildman–Crippen MR) is 84.4 cm³/mol. The Morgan fingerprint density at radius 1 is 1.30 bits per heavy atom. The molecule has 1 aromatic heterocycles. The molecule has 1 atom stereocenters. The highest BCUT2D eigenvalue weighted by atomic mass is 32.2. The number of aryl methyl sites for hydroxylation is 2. The van der Waals surface area contributed by atoms with Crippen molar-refractivity contribution >= 4 is 21.4 Å². The highest BCUT2D eigenvalue weighted by molar-refractivity contribution is 7.92. The highest BCUT2D eigenvalue weighted by Gasteiger charge is 2.26. The average molecular weight is 339 g/mol. The second-order valence-electron chi connectivity index (χ2n) is 5.37. The van der Waals surface area contributed by atoms with Gasteiger partial charge in [0, 0.05) is 6.42 Å². The molecule has 1 heterocycles. The molecule has 0 aliphatic heterocycles. The number of aromatic nitrogens is 2. The lowest BCUT2D eigenvalue weighted by Crippen LogP contribution is -2.25. The molecular formula is C15H18FN3O3S. The van der Waals surface area contributed by atoms with E-state index in [1.165, 1.54) is 19.1 Å². The number of carbonyl (C=O) groups excluding carboxylic acids is 1. The predicted octanol–water partition coefficient (Wildman–Crippen LogP) is 2.36. The van der Waals surface area contributed by atoms with E-state index in [1.54, 1.807) is 13.8 Å². The molecule has 1 aromatic carbocycles. The summed E-state index contributed by atoms with van der Waals surface area (Å²) in [6, 6.07) is 4.56. The number of aromatic amines is 1. The fourth-order valence-corrected chi connectivity index (χ4v) is 3.50. The molecule has 6 nitrogen and oxygen atoms in total. The lowest BCUT2D eigenvalue weighted by atomic mass is 10.2. The summed E-state index contributed by atoms with van der Waals surface area (Å²) in [5.41, 5.74) is 1.89. The number of rotatable bonds is 5. The number of nitrogens with one attached hydrogen (secondary N) is 2. The third-order valence-corrected chi connectivity index (χ3v) is 5.69. The molecule has 0 bridgehead atoms. The Bertz CT molecular complexity index is 793. The highest BCUT2D eigenvalue weighted by Crippen LogP contribution is 2.21. The summed E-state index contributed by atoms with van der Waals surface area (Å²) in [7, 11) is -3.70. The monoisotopic (exact) mass is 339 g/mol. The molecule has 23 heavy (non-hydrogen) atoms. The zero-order valence-corrected chi connectivity index (χ0v) is 13.9. The first kappa shape index (κ1) is 17.1. The fourth-order valence-electron chi connectivity index (χ4n) is 2.15. The van der Waals surface area contributed by atoms with Crippen LogP contribution in [0.15, 0.2) is 29.2 Å². The molecule has 0 fully saturated rings. The van der Waals surface area contributed by atoms with Crippen LogP contribution in [0, 0.1) is 19.7 Å². The first-order chi connectivity index (χ1) is 10.7. The number of amides is 1. The standard InChI is InChI=1S/C15H18FN3O3S/c1-9(23(21,22)13-6-4-12(16)5-7-13)8-14(20)17-15-10(2)18-19-11(15)3/h4-7,9H,8H2,1-3H3,(H,17,20)(H,18,19)/t9-/m0/s1. The van der Waals surface area contributed by atoms with Crippen LogP contribution in [0.4, 0.5) is 10.1 Å². The van der Waals surface area contributed by atoms with Gasteiger partial charge in [-0.3, -0.25) is 9.89 Å². The van der Waals surface area contributed by atoms with Crippen LogP contribution in [0.1, 0.15) is 24.7 Å². The average Bonchev–Trinajstić information content (AvgIpc) is 2.79. The maximum Gasteiger partial charge on any atom is 0.225 e. The molecule has 124 valence electrons. The van der Waals surface area contributed by atoms with Crippen molar-refractivity contribution in [2.45, 2.75) is 37.3 Å². The van der Waals surface area contributed by atoms with E-state index in [0.717, 1.165) is 12.1 Å². The van der Waals surface area contributed by atoms with E-state index < -0.39 is 26.8 Å². The summed E-state index contributed by atoms with van der Waals surface area (Å²) in [6.45, 7) is 4.94. The van der Waals surface area contributed by atoms with Crippen LogP contribution in [0.2, 0.25) is 0 Å². The van der Waals surface area contributed by atoms with Crippen molar-refractivity contribution < 1.29 is 17.6 Å². The van der Waals surface area contributed by atoms with Gasteiger partial charge in [0.25, 0.3) is 0 Å². The van der Waals surface area contributed by atoms with Crippen molar-refractivity contribution in [3.05, 3.63) is 41.5 Å². The molecule has 0 radical (unpaired) electrons. The Morgan fingerprint density at radius 3 is 2.43 bits per heavy atom. The number of benzene rings is 1. The third-order valence-electron chi connectivity index (χ3n) is 3.54. The van der Waals surface area contributed by atoms with Gasteiger partial charge < -0.3 is 5.32 Å². The second kappa shape index (κ2) is 6.49. The molecule has 8 heteroatoms. The maximum atomic E-state index is 12.9. The molecule has 2 aromatic rings. The molecular weight excluding hydrogens is 321 g/mol. The van der Waals surface area contributed by atoms with Crippen molar-refractivity contribution in [3.63, 3.8) is 0 Å². The molecule has 0 aliphatic carbocycles. The first-order valence-electron chi connectivity index (χ1n) is 7.02. The molecule has 2 N–H and O–H groups in total. The molecule has 2 rings (SSSR count). The van der Waals surface area contributed by atoms with Gasteiger partial charge in [0.15, 0.2) is 9.84 Å². The van der Waals surface area contributed by atoms with Crippen molar-refractivity contribution in [3.8, 4) is 0 Å². The molecule has 0 unspecified atom stereocenters. The summed E-state index contributed by atoms with van der Waals surface area (Å²) in [5.74, 6) is -0.934. The van der Waals surface area contributed by atoms with Crippen LogP contribution in [-0.4, -0.2) is 29.8 Å². The smallest absolute Gasteiger partial charge is 0.225 e. The van der Waals surface area contributed by atoms with Crippen molar-refractivity contribution in [2.75, 3.05) is 5.32 Å². The molecule has 1 amide bonds. The van der Waals surface area contributed by atoms with Crippen LogP contribution < -0.4 is 5.32 Å². The number of hydrogen-bond acceptors (Lipinski definition) is 4. The van der Waals surface area contributed by atoms with E-state index in [-0.39, 0.29) is 11.3 Å².